The Kier molecular flexibility index (Phi) is 7.42. The molecule has 0 heterocycles. The highest BCUT2D eigenvalue weighted by molar-refractivity contribution is 5.69. The summed E-state index contributed by atoms with van der Waals surface area (Å²) in [6.07, 6.45) is 0.358. The Labute approximate surface area is 85.6 Å². The van der Waals surface area contributed by atoms with Crippen molar-refractivity contribution in [2.45, 2.75) is 33.2 Å². The van der Waals surface area contributed by atoms with Gasteiger partial charge in [0.05, 0.1) is 19.6 Å². The van der Waals surface area contributed by atoms with Crippen molar-refractivity contribution in [2.75, 3.05) is 19.8 Å². The van der Waals surface area contributed by atoms with Crippen molar-refractivity contribution in [3.63, 3.8) is 0 Å². The average Bonchev–Trinajstić information content (AvgIpc) is 2.12. The first-order chi connectivity index (χ1) is 6.61. The van der Waals surface area contributed by atoms with Gasteiger partial charge in [-0.15, -0.1) is 0 Å². The summed E-state index contributed by atoms with van der Waals surface area (Å²) in [5.74, 6) is 0.169. The molecule has 0 amide bonds. The molecule has 0 aliphatic carbocycles. The van der Waals surface area contributed by atoms with Crippen LogP contribution >= 0.6 is 0 Å². The standard InChI is InChI=1S/C10H21NO3/c1-4-14-10(13)5-6-11-9(7-12)8(2)3/h8-9,11-12H,4-7H2,1-3H3. The van der Waals surface area contributed by atoms with Crippen LogP contribution in [0.3, 0.4) is 0 Å². The van der Waals surface area contributed by atoms with Gasteiger partial charge >= 0.3 is 5.97 Å². The maximum Gasteiger partial charge on any atom is 0.307 e. The summed E-state index contributed by atoms with van der Waals surface area (Å²) in [6, 6.07) is 0.0597. The van der Waals surface area contributed by atoms with Crippen LogP contribution in [0, 0.1) is 5.92 Å². The van der Waals surface area contributed by atoms with Crippen molar-refractivity contribution >= 4 is 5.97 Å². The number of carbonyl (C=O) groups excluding carboxylic acids is 1. The zero-order valence-corrected chi connectivity index (χ0v) is 9.25. The summed E-state index contributed by atoms with van der Waals surface area (Å²) in [7, 11) is 0. The highest BCUT2D eigenvalue weighted by Gasteiger charge is 2.11. The number of nitrogens with one attached hydrogen (secondary N) is 1. The molecule has 0 saturated heterocycles. The van der Waals surface area contributed by atoms with Crippen LogP contribution in [0.1, 0.15) is 27.2 Å². The monoisotopic (exact) mass is 203 g/mol. The van der Waals surface area contributed by atoms with E-state index in [9.17, 15) is 4.79 Å². The van der Waals surface area contributed by atoms with Gasteiger partial charge in [-0.05, 0) is 12.8 Å². The Morgan fingerprint density at radius 1 is 1.50 bits per heavy atom. The Balaban J connectivity index is 3.56. The number of ether oxygens (including phenoxy) is 1. The normalized spacial score (nSPS) is 12.9. The van der Waals surface area contributed by atoms with E-state index < -0.39 is 0 Å². The topological polar surface area (TPSA) is 58.6 Å². The molecule has 0 aromatic rings. The molecule has 0 rings (SSSR count). The van der Waals surface area contributed by atoms with Crippen molar-refractivity contribution in [1.82, 2.24) is 5.32 Å². The summed E-state index contributed by atoms with van der Waals surface area (Å²) in [6.45, 7) is 6.92. The van der Waals surface area contributed by atoms with E-state index in [1.54, 1.807) is 6.92 Å². The summed E-state index contributed by atoms with van der Waals surface area (Å²) >= 11 is 0. The van der Waals surface area contributed by atoms with Crippen LogP contribution < -0.4 is 5.32 Å². The molecule has 0 radical (unpaired) electrons. The third-order valence-electron chi connectivity index (χ3n) is 2.04. The van der Waals surface area contributed by atoms with Gasteiger partial charge in [0, 0.05) is 12.6 Å². The van der Waals surface area contributed by atoms with E-state index >= 15 is 0 Å². The van der Waals surface area contributed by atoms with E-state index in [4.69, 9.17) is 9.84 Å². The van der Waals surface area contributed by atoms with Gasteiger partial charge in [-0.1, -0.05) is 13.8 Å². The fourth-order valence-corrected chi connectivity index (χ4v) is 1.10. The van der Waals surface area contributed by atoms with Crippen molar-refractivity contribution in [1.29, 1.82) is 0 Å². The molecule has 0 fully saturated rings. The second kappa shape index (κ2) is 7.76. The molecule has 0 aliphatic heterocycles. The predicted octanol–water partition coefficient (Wildman–Crippen LogP) is 0.546. The molecule has 1 atom stereocenters. The van der Waals surface area contributed by atoms with Crippen LogP contribution in [0.5, 0.6) is 0 Å². The summed E-state index contributed by atoms with van der Waals surface area (Å²) in [5, 5.41) is 12.1. The lowest BCUT2D eigenvalue weighted by atomic mass is 10.1. The number of carbonyl (C=O) groups is 1. The molecule has 14 heavy (non-hydrogen) atoms. The molecule has 4 nitrogen and oxygen atoms in total. The highest BCUT2D eigenvalue weighted by atomic mass is 16.5. The number of hydrogen-bond donors (Lipinski definition) is 2. The molecule has 0 aliphatic rings. The van der Waals surface area contributed by atoms with E-state index in [0.29, 0.717) is 25.5 Å². The molecule has 0 saturated carbocycles. The van der Waals surface area contributed by atoms with Crippen LogP contribution in [0.4, 0.5) is 0 Å². The lowest BCUT2D eigenvalue weighted by Gasteiger charge is -2.19. The first-order valence-corrected chi connectivity index (χ1v) is 5.11. The fourth-order valence-electron chi connectivity index (χ4n) is 1.10. The maximum atomic E-state index is 11.0. The van der Waals surface area contributed by atoms with Gasteiger partial charge < -0.3 is 15.2 Å². The second-order valence-electron chi connectivity index (χ2n) is 3.54. The summed E-state index contributed by atoms with van der Waals surface area (Å²) in [4.78, 5) is 11.0. The minimum absolute atomic E-state index is 0.0597. The molecule has 0 aromatic heterocycles. The molecular formula is C10H21NO3. The molecule has 4 heteroatoms. The van der Waals surface area contributed by atoms with Crippen molar-refractivity contribution < 1.29 is 14.6 Å². The predicted molar refractivity (Wildman–Crippen MR) is 55.0 cm³/mol. The number of hydrogen-bond acceptors (Lipinski definition) is 4. The fraction of sp³-hybridized carbons (Fsp3) is 0.900. The largest absolute Gasteiger partial charge is 0.466 e. The molecule has 0 aromatic carbocycles. The zero-order chi connectivity index (χ0) is 11.0. The van der Waals surface area contributed by atoms with E-state index in [0.717, 1.165) is 0 Å². The van der Waals surface area contributed by atoms with Crippen LogP contribution in [0.25, 0.3) is 0 Å². The Morgan fingerprint density at radius 3 is 2.57 bits per heavy atom. The summed E-state index contributed by atoms with van der Waals surface area (Å²) < 4.78 is 4.78. The molecule has 1 unspecified atom stereocenters. The molecule has 0 spiro atoms. The van der Waals surface area contributed by atoms with Gasteiger partial charge in [0.1, 0.15) is 0 Å². The third kappa shape index (κ3) is 5.94. The zero-order valence-electron chi connectivity index (χ0n) is 9.25. The van der Waals surface area contributed by atoms with E-state index in [1.807, 2.05) is 13.8 Å². The minimum Gasteiger partial charge on any atom is -0.466 e. The number of aliphatic hydroxyl groups excluding tert-OH is 1. The quantitative estimate of drug-likeness (QED) is 0.593. The van der Waals surface area contributed by atoms with Crippen LogP contribution in [-0.4, -0.2) is 36.9 Å². The van der Waals surface area contributed by atoms with Gasteiger partial charge in [-0.25, -0.2) is 0 Å². The van der Waals surface area contributed by atoms with E-state index in [-0.39, 0.29) is 18.6 Å². The Morgan fingerprint density at radius 2 is 2.14 bits per heavy atom. The van der Waals surface area contributed by atoms with Crippen molar-refractivity contribution in [3.8, 4) is 0 Å². The minimum atomic E-state index is -0.194. The molecular weight excluding hydrogens is 182 g/mol. The number of esters is 1. The third-order valence-corrected chi connectivity index (χ3v) is 2.04. The van der Waals surface area contributed by atoms with E-state index in [2.05, 4.69) is 5.32 Å². The summed E-state index contributed by atoms with van der Waals surface area (Å²) in [5.41, 5.74) is 0. The Bertz CT molecular complexity index is 159. The van der Waals surface area contributed by atoms with Crippen LogP contribution in [0.15, 0.2) is 0 Å². The van der Waals surface area contributed by atoms with Gasteiger partial charge in [0.15, 0.2) is 0 Å². The average molecular weight is 203 g/mol. The van der Waals surface area contributed by atoms with Gasteiger partial charge in [0.2, 0.25) is 0 Å². The first kappa shape index (κ1) is 13.4. The number of rotatable bonds is 7. The van der Waals surface area contributed by atoms with Crippen molar-refractivity contribution in [3.05, 3.63) is 0 Å². The van der Waals surface area contributed by atoms with Gasteiger partial charge in [-0.2, -0.15) is 0 Å². The lowest BCUT2D eigenvalue weighted by molar-refractivity contribution is -0.143. The van der Waals surface area contributed by atoms with E-state index in [1.165, 1.54) is 0 Å². The Hall–Kier alpha value is -0.610. The second-order valence-corrected chi connectivity index (χ2v) is 3.54. The lowest BCUT2D eigenvalue weighted by Crippen LogP contribution is -2.38. The van der Waals surface area contributed by atoms with Gasteiger partial charge in [-0.3, -0.25) is 4.79 Å². The van der Waals surface area contributed by atoms with Gasteiger partial charge in [0.25, 0.3) is 0 Å². The maximum absolute atomic E-state index is 11.0. The molecule has 0 bridgehead atoms. The first-order valence-electron chi connectivity index (χ1n) is 5.11. The SMILES string of the molecule is CCOC(=O)CCNC(CO)C(C)C. The number of aliphatic hydroxyl groups is 1. The van der Waals surface area contributed by atoms with Crippen LogP contribution in [-0.2, 0) is 9.53 Å². The van der Waals surface area contributed by atoms with Crippen LogP contribution in [0.2, 0.25) is 0 Å². The molecule has 84 valence electrons. The smallest absolute Gasteiger partial charge is 0.307 e. The van der Waals surface area contributed by atoms with Crippen molar-refractivity contribution in [2.24, 2.45) is 5.92 Å². The highest BCUT2D eigenvalue weighted by Crippen LogP contribution is 2.00. The molecule has 2 N–H and O–H groups in total.